The van der Waals surface area contributed by atoms with E-state index in [1.165, 1.54) is 11.8 Å². The van der Waals surface area contributed by atoms with E-state index >= 15 is 0 Å². The lowest BCUT2D eigenvalue weighted by Gasteiger charge is -2.17. The van der Waals surface area contributed by atoms with Gasteiger partial charge in [-0.15, -0.1) is 11.8 Å². The number of rotatable bonds is 10. The molecule has 3 N–H and O–H groups in total. The maximum absolute atomic E-state index is 12.8. The number of nitrogens with zero attached hydrogens (tertiary/aromatic N) is 1. The molecule has 0 radical (unpaired) electrons. The number of hydrogen-bond donors (Lipinski definition) is 2. The number of thioether (sulfide) groups is 1. The van der Waals surface area contributed by atoms with E-state index in [0.29, 0.717) is 36.7 Å². The first-order valence-corrected chi connectivity index (χ1v) is 11.2. The van der Waals surface area contributed by atoms with Crippen molar-refractivity contribution < 1.29 is 23.9 Å². The summed E-state index contributed by atoms with van der Waals surface area (Å²) in [5.41, 5.74) is 6.85. The lowest BCUT2D eigenvalue weighted by molar-refractivity contribution is -0.128. The third-order valence-electron chi connectivity index (χ3n) is 5.22. The van der Waals surface area contributed by atoms with Crippen LogP contribution in [0.1, 0.15) is 12.0 Å². The van der Waals surface area contributed by atoms with Crippen LogP contribution in [-0.4, -0.2) is 55.7 Å². The summed E-state index contributed by atoms with van der Waals surface area (Å²) in [6.07, 6.45) is 0.821. The zero-order valence-electron chi connectivity index (χ0n) is 18.1. The van der Waals surface area contributed by atoms with Crippen molar-refractivity contribution >= 4 is 35.2 Å². The van der Waals surface area contributed by atoms with Crippen LogP contribution in [0.4, 0.5) is 5.69 Å². The first kappa shape index (κ1) is 23.5. The van der Waals surface area contributed by atoms with Crippen LogP contribution >= 0.6 is 11.8 Å². The molecule has 8 nitrogen and oxygen atoms in total. The minimum atomic E-state index is -0.429. The number of likely N-dealkylation sites (tertiary alicyclic amines) is 1. The molecule has 32 heavy (non-hydrogen) atoms. The number of anilines is 1. The molecule has 0 spiro atoms. The van der Waals surface area contributed by atoms with Crippen LogP contribution in [0.5, 0.6) is 11.5 Å². The number of amides is 3. The zero-order valence-corrected chi connectivity index (χ0v) is 18.9. The number of carbonyl (C=O) groups excluding carboxylic acids is 3. The van der Waals surface area contributed by atoms with E-state index in [1.807, 2.05) is 30.3 Å². The summed E-state index contributed by atoms with van der Waals surface area (Å²) < 4.78 is 10.6. The van der Waals surface area contributed by atoms with E-state index < -0.39 is 11.8 Å². The largest absolute Gasteiger partial charge is 0.493 e. The maximum atomic E-state index is 12.8. The van der Waals surface area contributed by atoms with Gasteiger partial charge in [-0.05, 0) is 36.2 Å². The van der Waals surface area contributed by atoms with Crippen molar-refractivity contribution in [1.82, 2.24) is 4.90 Å². The number of primary amides is 1. The number of nitrogens with one attached hydrogen (secondary N) is 1. The van der Waals surface area contributed by atoms with Gasteiger partial charge in [0.15, 0.2) is 11.5 Å². The highest BCUT2D eigenvalue weighted by Crippen LogP contribution is 2.29. The third kappa shape index (κ3) is 5.94. The van der Waals surface area contributed by atoms with Gasteiger partial charge >= 0.3 is 0 Å². The molecule has 0 bridgehead atoms. The second-order valence-electron chi connectivity index (χ2n) is 7.42. The molecule has 2 aromatic rings. The Hall–Kier alpha value is -3.20. The van der Waals surface area contributed by atoms with Crippen LogP contribution < -0.4 is 20.5 Å². The molecule has 1 aliphatic heterocycles. The van der Waals surface area contributed by atoms with Crippen molar-refractivity contribution in [3.63, 3.8) is 0 Å². The highest BCUT2D eigenvalue weighted by molar-refractivity contribution is 8.00. The molecule has 170 valence electrons. The van der Waals surface area contributed by atoms with Crippen LogP contribution in [0.3, 0.4) is 0 Å². The summed E-state index contributed by atoms with van der Waals surface area (Å²) in [4.78, 5) is 38.8. The minimum absolute atomic E-state index is 0.0398. The van der Waals surface area contributed by atoms with Crippen molar-refractivity contribution in [3.05, 3.63) is 48.0 Å². The van der Waals surface area contributed by atoms with Crippen LogP contribution in [0.25, 0.3) is 0 Å². The summed E-state index contributed by atoms with van der Waals surface area (Å²) in [5.74, 6) is 0.312. The summed E-state index contributed by atoms with van der Waals surface area (Å²) >= 11 is 1.27. The Morgan fingerprint density at radius 3 is 2.62 bits per heavy atom. The first-order chi connectivity index (χ1) is 15.4. The smallest absolute Gasteiger partial charge is 0.229 e. The van der Waals surface area contributed by atoms with Crippen molar-refractivity contribution in [1.29, 1.82) is 0 Å². The molecule has 1 fully saturated rings. The molecule has 9 heteroatoms. The fourth-order valence-corrected chi connectivity index (χ4v) is 4.29. The number of nitrogens with two attached hydrogens (primary N) is 1. The van der Waals surface area contributed by atoms with Crippen LogP contribution in [0, 0.1) is 5.92 Å². The fourth-order valence-electron chi connectivity index (χ4n) is 3.54. The van der Waals surface area contributed by atoms with Gasteiger partial charge in [0.25, 0.3) is 0 Å². The first-order valence-electron chi connectivity index (χ1n) is 10.2. The topological polar surface area (TPSA) is 111 Å². The number of benzene rings is 2. The SMILES string of the molecule is COc1ccc(CCN2CC(C(=O)Nc3ccccc3SCC(N)=O)CC2=O)cc1OC. The van der Waals surface area contributed by atoms with Gasteiger partial charge in [0.2, 0.25) is 17.7 Å². The van der Waals surface area contributed by atoms with Crippen LogP contribution in [-0.2, 0) is 20.8 Å². The molecular weight excluding hydrogens is 430 g/mol. The van der Waals surface area contributed by atoms with Gasteiger partial charge in [-0.25, -0.2) is 0 Å². The normalized spacial score (nSPS) is 15.5. The monoisotopic (exact) mass is 457 g/mol. The second-order valence-corrected chi connectivity index (χ2v) is 8.44. The summed E-state index contributed by atoms with van der Waals surface area (Å²) in [5, 5.41) is 2.90. The molecule has 0 aliphatic carbocycles. The Labute approximate surface area is 191 Å². The molecule has 3 rings (SSSR count). The molecule has 0 aromatic heterocycles. The Bertz CT molecular complexity index is 997. The van der Waals surface area contributed by atoms with Gasteiger partial charge in [0.05, 0.1) is 31.6 Å². The number of carbonyl (C=O) groups is 3. The van der Waals surface area contributed by atoms with E-state index in [2.05, 4.69) is 5.32 Å². The highest BCUT2D eigenvalue weighted by atomic mass is 32.2. The number of ether oxygens (including phenoxy) is 2. The van der Waals surface area contributed by atoms with Gasteiger partial charge in [-0.3, -0.25) is 14.4 Å². The van der Waals surface area contributed by atoms with Gasteiger partial charge in [0.1, 0.15) is 0 Å². The van der Waals surface area contributed by atoms with Gasteiger partial charge < -0.3 is 25.4 Å². The molecule has 1 aliphatic rings. The van der Waals surface area contributed by atoms with E-state index in [1.54, 1.807) is 31.3 Å². The van der Waals surface area contributed by atoms with Crippen molar-refractivity contribution in [2.24, 2.45) is 11.7 Å². The maximum Gasteiger partial charge on any atom is 0.229 e. The lowest BCUT2D eigenvalue weighted by Crippen LogP contribution is -2.30. The van der Waals surface area contributed by atoms with E-state index in [9.17, 15) is 14.4 Å². The molecule has 0 saturated carbocycles. The van der Waals surface area contributed by atoms with E-state index in [0.717, 1.165) is 10.5 Å². The quantitative estimate of drug-likeness (QED) is 0.530. The molecular formula is C23H27N3O5S. The third-order valence-corrected chi connectivity index (χ3v) is 6.31. The molecule has 1 heterocycles. The highest BCUT2D eigenvalue weighted by Gasteiger charge is 2.34. The molecule has 1 unspecified atom stereocenters. The van der Waals surface area contributed by atoms with Crippen molar-refractivity contribution in [2.75, 3.05) is 38.4 Å². The Morgan fingerprint density at radius 2 is 1.91 bits per heavy atom. The Morgan fingerprint density at radius 1 is 1.16 bits per heavy atom. The summed E-state index contributed by atoms with van der Waals surface area (Å²) in [6.45, 7) is 0.887. The van der Waals surface area contributed by atoms with Gasteiger partial charge in [0, 0.05) is 24.4 Å². The number of methoxy groups -OCH3 is 2. The predicted molar refractivity (Wildman–Crippen MR) is 123 cm³/mol. The predicted octanol–water partition coefficient (Wildman–Crippen LogP) is 2.31. The van der Waals surface area contributed by atoms with Gasteiger partial charge in [-0.2, -0.15) is 0 Å². The number of hydrogen-bond acceptors (Lipinski definition) is 6. The second kappa shape index (κ2) is 10.9. The average molecular weight is 458 g/mol. The molecule has 1 atom stereocenters. The standard InChI is InChI=1S/C23H27N3O5S/c1-30-18-8-7-15(11-19(18)31-2)9-10-26-13-16(12-22(26)28)23(29)25-17-5-3-4-6-20(17)32-14-21(24)27/h3-8,11,16H,9-10,12-14H2,1-2H3,(H2,24,27)(H,25,29). The molecule has 3 amide bonds. The van der Waals surface area contributed by atoms with Crippen molar-refractivity contribution in [3.8, 4) is 11.5 Å². The minimum Gasteiger partial charge on any atom is -0.493 e. The molecule has 2 aromatic carbocycles. The zero-order chi connectivity index (χ0) is 23.1. The lowest BCUT2D eigenvalue weighted by atomic mass is 10.1. The van der Waals surface area contributed by atoms with Crippen LogP contribution in [0.2, 0.25) is 0 Å². The van der Waals surface area contributed by atoms with Gasteiger partial charge in [-0.1, -0.05) is 18.2 Å². The van der Waals surface area contributed by atoms with E-state index in [4.69, 9.17) is 15.2 Å². The number of para-hydroxylation sites is 1. The summed E-state index contributed by atoms with van der Waals surface area (Å²) in [6, 6.07) is 12.9. The van der Waals surface area contributed by atoms with E-state index in [-0.39, 0.29) is 24.0 Å². The van der Waals surface area contributed by atoms with Crippen LogP contribution in [0.15, 0.2) is 47.4 Å². The Kier molecular flexibility index (Phi) is 7.99. The van der Waals surface area contributed by atoms with Crippen molar-refractivity contribution in [2.45, 2.75) is 17.7 Å². The summed E-state index contributed by atoms with van der Waals surface area (Å²) in [7, 11) is 3.17. The average Bonchev–Trinajstić information content (AvgIpc) is 3.17. The molecule has 1 saturated heterocycles. The Balaban J connectivity index is 1.58. The fraction of sp³-hybridized carbons (Fsp3) is 0.348.